The Kier molecular flexibility index (Phi) is 5.86. The number of halogens is 4. The van der Waals surface area contributed by atoms with Crippen molar-refractivity contribution in [3.05, 3.63) is 77.3 Å². The van der Waals surface area contributed by atoms with Gasteiger partial charge in [-0.2, -0.15) is 0 Å². The van der Waals surface area contributed by atoms with Crippen LogP contribution in [0.25, 0.3) is 11.0 Å². The van der Waals surface area contributed by atoms with E-state index in [9.17, 15) is 26.4 Å². The van der Waals surface area contributed by atoms with Gasteiger partial charge in [-0.3, -0.25) is 9.52 Å². The largest absolute Gasteiger partial charge is 0.369 e. The summed E-state index contributed by atoms with van der Waals surface area (Å²) in [6.45, 7) is 0.602. The van der Waals surface area contributed by atoms with E-state index in [0.29, 0.717) is 42.5 Å². The first kappa shape index (κ1) is 23.7. The number of aromatic amines is 1. The van der Waals surface area contributed by atoms with Gasteiger partial charge in [-0.05, 0) is 43.0 Å². The molecule has 13 heteroatoms. The SMILES string of the molecule is O=C(c1c(F)ccc(NS(=O)(=O)c2ccc(F)cc2F)c1F)c1c[nH]c2ncnc(NCC3CC3)c12. The molecule has 1 saturated carbocycles. The van der Waals surface area contributed by atoms with E-state index in [4.69, 9.17) is 0 Å². The van der Waals surface area contributed by atoms with Crippen LogP contribution in [-0.4, -0.2) is 35.7 Å². The standard InChI is InChI=1S/C23H17F4N5O3S/c24-12-3-6-17(15(26)7-12)36(34,35)32-16-5-4-14(25)19(20(16)27)21(33)13-9-29-23-18(13)22(30-10-31-23)28-8-11-1-2-11/h3-7,9-11,32H,1-2,8H2,(H2,28,29,30,31). The molecule has 0 atom stereocenters. The topological polar surface area (TPSA) is 117 Å². The van der Waals surface area contributed by atoms with Crippen LogP contribution in [0.4, 0.5) is 29.1 Å². The molecule has 1 aliphatic carbocycles. The molecule has 0 unspecified atom stereocenters. The van der Waals surface area contributed by atoms with E-state index in [1.165, 1.54) is 12.5 Å². The average molecular weight is 519 g/mol. The van der Waals surface area contributed by atoms with Gasteiger partial charge in [-0.25, -0.2) is 35.9 Å². The fourth-order valence-corrected chi connectivity index (χ4v) is 4.83. The number of nitrogens with zero attached hydrogens (tertiary/aromatic N) is 2. The van der Waals surface area contributed by atoms with Gasteiger partial charge in [0.2, 0.25) is 5.78 Å². The quantitative estimate of drug-likeness (QED) is 0.235. The molecule has 3 N–H and O–H groups in total. The molecule has 0 spiro atoms. The lowest BCUT2D eigenvalue weighted by Gasteiger charge is -2.13. The second kappa shape index (κ2) is 8.90. The molecule has 8 nitrogen and oxygen atoms in total. The van der Waals surface area contributed by atoms with E-state index in [1.54, 1.807) is 4.72 Å². The number of carbonyl (C=O) groups excluding carboxylic acids is 1. The van der Waals surface area contributed by atoms with Crippen molar-refractivity contribution in [1.29, 1.82) is 0 Å². The van der Waals surface area contributed by atoms with Gasteiger partial charge >= 0.3 is 0 Å². The van der Waals surface area contributed by atoms with Crippen molar-refractivity contribution in [2.75, 3.05) is 16.6 Å². The van der Waals surface area contributed by atoms with Gasteiger partial charge in [0.1, 0.15) is 40.1 Å². The lowest BCUT2D eigenvalue weighted by molar-refractivity contribution is 0.103. The van der Waals surface area contributed by atoms with Crippen molar-refractivity contribution in [1.82, 2.24) is 15.0 Å². The molecule has 186 valence electrons. The van der Waals surface area contributed by atoms with Crippen molar-refractivity contribution in [2.24, 2.45) is 5.92 Å². The van der Waals surface area contributed by atoms with Crippen molar-refractivity contribution < 1.29 is 30.8 Å². The Balaban J connectivity index is 1.53. The lowest BCUT2D eigenvalue weighted by atomic mass is 10.0. The third-order valence-electron chi connectivity index (χ3n) is 5.72. The number of hydrogen-bond donors (Lipinski definition) is 3. The van der Waals surface area contributed by atoms with E-state index in [2.05, 4.69) is 20.3 Å². The van der Waals surface area contributed by atoms with Crippen LogP contribution >= 0.6 is 0 Å². The highest BCUT2D eigenvalue weighted by atomic mass is 32.2. The first-order chi connectivity index (χ1) is 17.2. The zero-order valence-corrected chi connectivity index (χ0v) is 19.1. The number of aromatic nitrogens is 3. The number of carbonyl (C=O) groups is 1. The molecule has 2 aromatic heterocycles. The number of hydrogen-bond acceptors (Lipinski definition) is 6. The van der Waals surface area contributed by atoms with Crippen LogP contribution < -0.4 is 10.0 Å². The number of nitrogens with one attached hydrogen (secondary N) is 3. The highest BCUT2D eigenvalue weighted by Crippen LogP contribution is 2.32. The van der Waals surface area contributed by atoms with E-state index in [1.807, 2.05) is 0 Å². The molecule has 1 fully saturated rings. The number of sulfonamides is 1. The number of fused-ring (bicyclic) bond motifs is 1. The predicted molar refractivity (Wildman–Crippen MR) is 122 cm³/mol. The minimum absolute atomic E-state index is 0.133. The van der Waals surface area contributed by atoms with E-state index in [-0.39, 0.29) is 16.6 Å². The molecule has 5 rings (SSSR count). The molecule has 2 aromatic carbocycles. The van der Waals surface area contributed by atoms with Crippen LogP contribution in [0.3, 0.4) is 0 Å². The highest BCUT2D eigenvalue weighted by Gasteiger charge is 2.29. The molecule has 0 aliphatic heterocycles. The van der Waals surface area contributed by atoms with E-state index < -0.39 is 55.2 Å². The maximum atomic E-state index is 15.4. The molecule has 0 saturated heterocycles. The second-order valence-corrected chi connectivity index (χ2v) is 9.92. The summed E-state index contributed by atoms with van der Waals surface area (Å²) >= 11 is 0. The van der Waals surface area contributed by atoms with Gasteiger partial charge in [0, 0.05) is 18.8 Å². The van der Waals surface area contributed by atoms with Crippen LogP contribution in [0.1, 0.15) is 28.8 Å². The predicted octanol–water partition coefficient (Wildman–Crippen LogP) is 4.37. The summed E-state index contributed by atoms with van der Waals surface area (Å²) in [7, 11) is -4.74. The number of rotatable bonds is 8. The fraction of sp³-hybridized carbons (Fsp3) is 0.174. The highest BCUT2D eigenvalue weighted by molar-refractivity contribution is 7.92. The van der Waals surface area contributed by atoms with Gasteiger partial charge in [0.25, 0.3) is 10.0 Å². The minimum atomic E-state index is -4.74. The van der Waals surface area contributed by atoms with Crippen molar-refractivity contribution in [2.45, 2.75) is 17.7 Å². The Bertz CT molecular complexity index is 1620. The molecule has 0 radical (unpaired) electrons. The smallest absolute Gasteiger partial charge is 0.264 e. The lowest BCUT2D eigenvalue weighted by Crippen LogP contribution is -2.17. The monoisotopic (exact) mass is 519 g/mol. The summed E-state index contributed by atoms with van der Waals surface area (Å²) < 4.78 is 84.2. The Morgan fingerprint density at radius 2 is 1.83 bits per heavy atom. The summed E-state index contributed by atoms with van der Waals surface area (Å²) in [5, 5.41) is 3.34. The maximum Gasteiger partial charge on any atom is 0.264 e. The van der Waals surface area contributed by atoms with Gasteiger partial charge < -0.3 is 10.3 Å². The van der Waals surface area contributed by atoms with Gasteiger partial charge in [-0.15, -0.1) is 0 Å². The van der Waals surface area contributed by atoms with Crippen LogP contribution in [0, 0.1) is 29.2 Å². The van der Waals surface area contributed by atoms with E-state index >= 15 is 4.39 Å². The number of anilines is 2. The third-order valence-corrected chi connectivity index (χ3v) is 7.11. The van der Waals surface area contributed by atoms with E-state index in [0.717, 1.165) is 18.9 Å². The summed E-state index contributed by atoms with van der Waals surface area (Å²) in [5.41, 5.74) is -1.71. The molecule has 1 aliphatic rings. The molecular weight excluding hydrogens is 502 g/mol. The molecule has 0 amide bonds. The first-order valence-corrected chi connectivity index (χ1v) is 12.2. The minimum Gasteiger partial charge on any atom is -0.369 e. The van der Waals surface area contributed by atoms with Crippen molar-refractivity contribution in [3.63, 3.8) is 0 Å². The van der Waals surface area contributed by atoms with Crippen LogP contribution in [-0.2, 0) is 10.0 Å². The Morgan fingerprint density at radius 3 is 2.56 bits per heavy atom. The Labute approximate surface area is 201 Å². The summed E-state index contributed by atoms with van der Waals surface area (Å²) in [5.74, 6) is -5.49. The normalized spacial score (nSPS) is 13.7. The summed E-state index contributed by atoms with van der Waals surface area (Å²) in [6, 6.07) is 3.16. The fourth-order valence-electron chi connectivity index (χ4n) is 3.71. The van der Waals surface area contributed by atoms with Crippen molar-refractivity contribution in [3.8, 4) is 0 Å². The molecule has 36 heavy (non-hydrogen) atoms. The summed E-state index contributed by atoms with van der Waals surface area (Å²) in [6.07, 6.45) is 4.61. The molecule has 2 heterocycles. The maximum absolute atomic E-state index is 15.4. The van der Waals surface area contributed by atoms with Crippen LogP contribution in [0.2, 0.25) is 0 Å². The van der Waals surface area contributed by atoms with Crippen LogP contribution in [0.5, 0.6) is 0 Å². The van der Waals surface area contributed by atoms with Gasteiger partial charge in [-0.1, -0.05) is 0 Å². The average Bonchev–Trinajstić information content (AvgIpc) is 3.55. The zero-order chi connectivity index (χ0) is 25.6. The number of benzene rings is 2. The number of ketones is 1. The second-order valence-electron chi connectivity index (χ2n) is 8.27. The first-order valence-electron chi connectivity index (χ1n) is 10.7. The Morgan fingerprint density at radius 1 is 1.06 bits per heavy atom. The van der Waals surface area contributed by atoms with Gasteiger partial charge in [0.05, 0.1) is 22.2 Å². The summed E-state index contributed by atoms with van der Waals surface area (Å²) in [4.78, 5) is 23.3. The Hall–Kier alpha value is -4.00. The van der Waals surface area contributed by atoms with Crippen LogP contribution in [0.15, 0.2) is 47.8 Å². The zero-order valence-electron chi connectivity index (χ0n) is 18.3. The molecule has 0 bridgehead atoms. The van der Waals surface area contributed by atoms with Gasteiger partial charge in [0.15, 0.2) is 5.82 Å². The molecular formula is C23H17F4N5O3S. The van der Waals surface area contributed by atoms with Crippen molar-refractivity contribution >= 4 is 38.3 Å². The third kappa shape index (κ3) is 4.37. The molecule has 4 aromatic rings. The number of H-pyrrole nitrogens is 1.